The minimum atomic E-state index is -4.52. The Morgan fingerprint density at radius 2 is 1.74 bits per heavy atom. The van der Waals surface area contributed by atoms with Crippen LogP contribution in [-0.2, 0) is 16.2 Å². The fourth-order valence-corrected chi connectivity index (χ4v) is 5.07. The summed E-state index contributed by atoms with van der Waals surface area (Å²) in [6, 6.07) is 11.1. The second-order valence-electron chi connectivity index (χ2n) is 7.55. The monoisotopic (exact) mass is 451 g/mol. The Morgan fingerprint density at radius 3 is 2.39 bits per heavy atom. The van der Waals surface area contributed by atoms with Gasteiger partial charge in [0.1, 0.15) is 0 Å². The molecule has 1 atom stereocenters. The van der Waals surface area contributed by atoms with Gasteiger partial charge in [-0.15, -0.1) is 0 Å². The predicted octanol–water partition coefficient (Wildman–Crippen LogP) is 4.63. The van der Waals surface area contributed by atoms with Crippen LogP contribution in [-0.4, -0.2) is 36.0 Å². The van der Waals surface area contributed by atoms with E-state index in [-0.39, 0.29) is 23.9 Å². The lowest BCUT2D eigenvalue weighted by Gasteiger charge is -2.30. The number of hydrogen-bond acceptors (Lipinski definition) is 5. The highest BCUT2D eigenvalue weighted by atomic mass is 32.2. The third-order valence-electron chi connectivity index (χ3n) is 5.31. The van der Waals surface area contributed by atoms with E-state index < -0.39 is 21.8 Å². The number of rotatable bonds is 4. The molecule has 0 spiro atoms. The van der Waals surface area contributed by atoms with Crippen LogP contribution in [0.15, 0.2) is 57.9 Å². The number of sulfonamides is 1. The minimum Gasteiger partial charge on any atom is -0.334 e. The number of aromatic nitrogens is 2. The van der Waals surface area contributed by atoms with E-state index >= 15 is 0 Å². The Morgan fingerprint density at radius 1 is 1.06 bits per heavy atom. The molecule has 0 N–H and O–H groups in total. The second-order valence-corrected chi connectivity index (χ2v) is 9.49. The van der Waals surface area contributed by atoms with Crippen molar-refractivity contribution in [1.29, 1.82) is 0 Å². The van der Waals surface area contributed by atoms with Crippen LogP contribution in [0.25, 0.3) is 11.5 Å². The molecule has 1 aliphatic rings. The van der Waals surface area contributed by atoms with Gasteiger partial charge in [0.05, 0.1) is 10.5 Å². The van der Waals surface area contributed by atoms with E-state index in [0.29, 0.717) is 24.6 Å². The molecule has 4 rings (SSSR count). The molecule has 0 aliphatic carbocycles. The SMILES string of the molecule is Cc1ccc(-c2nc([C@@H]3CCCN(S(=O)(=O)c4ccc(C(F)(F)F)cc4)C3)no2)cc1. The summed E-state index contributed by atoms with van der Waals surface area (Å²) in [5, 5.41) is 4.03. The molecule has 1 saturated heterocycles. The zero-order chi connectivity index (χ0) is 22.2. The summed E-state index contributed by atoms with van der Waals surface area (Å²) in [6.45, 7) is 2.38. The first kappa shape index (κ1) is 21.5. The Balaban J connectivity index is 1.52. The van der Waals surface area contributed by atoms with Crippen LogP contribution in [0.4, 0.5) is 13.2 Å². The fourth-order valence-electron chi connectivity index (χ4n) is 3.55. The highest BCUT2D eigenvalue weighted by molar-refractivity contribution is 7.89. The summed E-state index contributed by atoms with van der Waals surface area (Å²) < 4.78 is 70.9. The normalized spacial score (nSPS) is 18.3. The van der Waals surface area contributed by atoms with Crippen molar-refractivity contribution in [1.82, 2.24) is 14.4 Å². The molecule has 1 fully saturated rings. The van der Waals surface area contributed by atoms with Crippen LogP contribution < -0.4 is 0 Å². The Hall–Kier alpha value is -2.72. The number of hydrogen-bond donors (Lipinski definition) is 0. The zero-order valence-corrected chi connectivity index (χ0v) is 17.4. The highest BCUT2D eigenvalue weighted by Crippen LogP contribution is 2.32. The maximum Gasteiger partial charge on any atom is 0.416 e. The molecule has 6 nitrogen and oxygen atoms in total. The average Bonchev–Trinajstić information content (AvgIpc) is 3.24. The first-order chi connectivity index (χ1) is 14.6. The Bertz CT molecular complexity index is 1160. The number of aryl methyl sites for hydroxylation is 1. The van der Waals surface area contributed by atoms with Crippen molar-refractivity contribution in [2.75, 3.05) is 13.1 Å². The summed E-state index contributed by atoms with van der Waals surface area (Å²) in [4.78, 5) is 4.27. The molecule has 164 valence electrons. The van der Waals surface area contributed by atoms with Crippen LogP contribution in [0.3, 0.4) is 0 Å². The van der Waals surface area contributed by atoms with Crippen LogP contribution >= 0.6 is 0 Å². The van der Waals surface area contributed by atoms with E-state index in [1.165, 1.54) is 4.31 Å². The van der Waals surface area contributed by atoms with Crippen molar-refractivity contribution in [2.45, 2.75) is 36.8 Å². The Kier molecular flexibility index (Phi) is 5.61. The molecule has 0 amide bonds. The number of nitrogens with zero attached hydrogens (tertiary/aromatic N) is 3. The van der Waals surface area contributed by atoms with Gasteiger partial charge in [-0.1, -0.05) is 22.9 Å². The van der Waals surface area contributed by atoms with E-state index in [1.54, 1.807) is 0 Å². The van der Waals surface area contributed by atoms with Gasteiger partial charge >= 0.3 is 6.18 Å². The topological polar surface area (TPSA) is 76.3 Å². The molecule has 1 aromatic heterocycles. The van der Waals surface area contributed by atoms with E-state index in [4.69, 9.17) is 4.52 Å². The molecule has 31 heavy (non-hydrogen) atoms. The summed E-state index contributed by atoms with van der Waals surface area (Å²) in [5.74, 6) is 0.515. The van der Waals surface area contributed by atoms with Crippen LogP contribution in [0.1, 0.15) is 35.7 Å². The number of piperidine rings is 1. The summed E-state index contributed by atoms with van der Waals surface area (Å²) in [6.07, 6.45) is -3.25. The number of alkyl halides is 3. The summed E-state index contributed by atoms with van der Waals surface area (Å²) in [5.41, 5.74) is 0.979. The maximum atomic E-state index is 13.0. The van der Waals surface area contributed by atoms with Gasteiger partial charge in [-0.25, -0.2) is 8.42 Å². The maximum absolute atomic E-state index is 13.0. The molecule has 2 aromatic carbocycles. The summed E-state index contributed by atoms with van der Waals surface area (Å²) in [7, 11) is -3.94. The third-order valence-corrected chi connectivity index (χ3v) is 7.19. The number of halogens is 3. The molecule has 0 radical (unpaired) electrons. The highest BCUT2D eigenvalue weighted by Gasteiger charge is 2.34. The van der Waals surface area contributed by atoms with Gasteiger partial charge in [-0.3, -0.25) is 0 Å². The molecule has 0 bridgehead atoms. The van der Waals surface area contributed by atoms with Gasteiger partial charge in [0, 0.05) is 24.6 Å². The van der Waals surface area contributed by atoms with E-state index in [9.17, 15) is 21.6 Å². The van der Waals surface area contributed by atoms with Gasteiger partial charge in [0.2, 0.25) is 10.0 Å². The van der Waals surface area contributed by atoms with E-state index in [0.717, 1.165) is 35.4 Å². The fraction of sp³-hybridized carbons (Fsp3) is 0.333. The first-order valence-electron chi connectivity index (χ1n) is 9.72. The molecular weight excluding hydrogens is 431 g/mol. The zero-order valence-electron chi connectivity index (χ0n) is 16.6. The predicted molar refractivity (Wildman–Crippen MR) is 107 cm³/mol. The Labute approximate surface area is 177 Å². The van der Waals surface area contributed by atoms with Gasteiger partial charge in [0.25, 0.3) is 5.89 Å². The van der Waals surface area contributed by atoms with Crippen molar-refractivity contribution in [3.8, 4) is 11.5 Å². The lowest BCUT2D eigenvalue weighted by atomic mass is 9.99. The lowest BCUT2D eigenvalue weighted by molar-refractivity contribution is -0.137. The smallest absolute Gasteiger partial charge is 0.334 e. The largest absolute Gasteiger partial charge is 0.416 e. The number of benzene rings is 2. The third kappa shape index (κ3) is 4.49. The van der Waals surface area contributed by atoms with Crippen molar-refractivity contribution in [3.63, 3.8) is 0 Å². The molecule has 3 aromatic rings. The van der Waals surface area contributed by atoms with Crippen molar-refractivity contribution < 1.29 is 26.1 Å². The van der Waals surface area contributed by atoms with Crippen molar-refractivity contribution in [2.24, 2.45) is 0 Å². The molecule has 1 aliphatic heterocycles. The molecule has 2 heterocycles. The van der Waals surface area contributed by atoms with Gasteiger partial charge in [-0.2, -0.15) is 22.5 Å². The van der Waals surface area contributed by atoms with Crippen LogP contribution in [0.2, 0.25) is 0 Å². The quantitative estimate of drug-likeness (QED) is 0.578. The molecule has 0 unspecified atom stereocenters. The van der Waals surface area contributed by atoms with Crippen LogP contribution in [0, 0.1) is 6.92 Å². The van der Waals surface area contributed by atoms with Gasteiger partial charge in [-0.05, 0) is 56.2 Å². The second kappa shape index (κ2) is 8.08. The van der Waals surface area contributed by atoms with Gasteiger partial charge < -0.3 is 4.52 Å². The van der Waals surface area contributed by atoms with Crippen LogP contribution in [0.5, 0.6) is 0 Å². The van der Waals surface area contributed by atoms with Gasteiger partial charge in [0.15, 0.2) is 5.82 Å². The van der Waals surface area contributed by atoms with E-state index in [1.807, 2.05) is 31.2 Å². The van der Waals surface area contributed by atoms with Crippen molar-refractivity contribution >= 4 is 10.0 Å². The standard InChI is InChI=1S/C21H20F3N3O3S/c1-14-4-6-15(7-5-14)20-25-19(26-30-20)16-3-2-12-27(13-16)31(28,29)18-10-8-17(9-11-18)21(22,23)24/h4-11,16H,2-3,12-13H2,1H3/t16-/m1/s1. The van der Waals surface area contributed by atoms with Crippen molar-refractivity contribution in [3.05, 3.63) is 65.5 Å². The minimum absolute atomic E-state index is 0.135. The first-order valence-corrected chi connectivity index (χ1v) is 11.2. The van der Waals surface area contributed by atoms with E-state index in [2.05, 4.69) is 10.1 Å². The average molecular weight is 451 g/mol. The lowest BCUT2D eigenvalue weighted by Crippen LogP contribution is -2.39. The summed E-state index contributed by atoms with van der Waals surface area (Å²) >= 11 is 0. The molecular formula is C21H20F3N3O3S. The molecule has 10 heteroatoms. The molecule has 0 saturated carbocycles.